The summed E-state index contributed by atoms with van der Waals surface area (Å²) in [6.07, 6.45) is 2.93. The number of carbonyl (C=O) groups excluding carboxylic acids is 1. The van der Waals surface area contributed by atoms with Crippen LogP contribution in [0.4, 0.5) is 14.5 Å². The van der Waals surface area contributed by atoms with Crippen molar-refractivity contribution in [2.75, 3.05) is 18.5 Å². The molecule has 1 aliphatic carbocycles. The van der Waals surface area contributed by atoms with E-state index in [-0.39, 0.29) is 5.69 Å². The zero-order chi connectivity index (χ0) is 13.1. The molecule has 2 nitrogen and oxygen atoms in total. The zero-order valence-electron chi connectivity index (χ0n) is 10.5. The third-order valence-electron chi connectivity index (χ3n) is 3.51. The Balaban J connectivity index is 2.00. The van der Waals surface area contributed by atoms with Crippen LogP contribution in [0, 0.1) is 17.6 Å². The molecule has 1 aromatic rings. The number of halogens is 2. The lowest BCUT2D eigenvalue weighted by Gasteiger charge is -2.28. The smallest absolute Gasteiger partial charge is 0.146 e. The predicted molar refractivity (Wildman–Crippen MR) is 66.6 cm³/mol. The van der Waals surface area contributed by atoms with E-state index in [1.54, 1.807) is 11.9 Å². The maximum absolute atomic E-state index is 13.6. The molecule has 0 saturated heterocycles. The Morgan fingerprint density at radius 3 is 2.61 bits per heavy atom. The number of benzene rings is 1. The van der Waals surface area contributed by atoms with Gasteiger partial charge in [-0.2, -0.15) is 0 Å². The lowest BCUT2D eigenvalue weighted by molar-refractivity contribution is -0.120. The van der Waals surface area contributed by atoms with Gasteiger partial charge >= 0.3 is 0 Å². The van der Waals surface area contributed by atoms with Gasteiger partial charge in [0.1, 0.15) is 17.4 Å². The Morgan fingerprint density at radius 1 is 1.28 bits per heavy atom. The van der Waals surface area contributed by atoms with Gasteiger partial charge in [0.25, 0.3) is 0 Å². The second-order valence-electron chi connectivity index (χ2n) is 4.96. The maximum Gasteiger partial charge on any atom is 0.146 e. The van der Waals surface area contributed by atoms with E-state index >= 15 is 0 Å². The molecule has 0 aliphatic heterocycles. The van der Waals surface area contributed by atoms with Crippen molar-refractivity contribution in [3.8, 4) is 0 Å². The van der Waals surface area contributed by atoms with Crippen LogP contribution in [0.1, 0.15) is 25.7 Å². The topological polar surface area (TPSA) is 20.3 Å². The zero-order valence-corrected chi connectivity index (χ0v) is 10.5. The average Bonchev–Trinajstić information content (AvgIpc) is 2.35. The summed E-state index contributed by atoms with van der Waals surface area (Å²) in [5.41, 5.74) is 0.284. The molecule has 0 N–H and O–H groups in total. The molecule has 0 atom stereocenters. The van der Waals surface area contributed by atoms with Crippen LogP contribution in [0.25, 0.3) is 0 Å². The van der Waals surface area contributed by atoms with Crippen LogP contribution in [-0.4, -0.2) is 19.4 Å². The summed E-state index contributed by atoms with van der Waals surface area (Å²) in [5.74, 6) is -0.149. The van der Waals surface area contributed by atoms with Gasteiger partial charge in [0.15, 0.2) is 0 Å². The van der Waals surface area contributed by atoms with E-state index in [0.29, 0.717) is 31.1 Å². The highest BCUT2D eigenvalue weighted by atomic mass is 19.1. The molecule has 4 heteroatoms. The highest BCUT2D eigenvalue weighted by Crippen LogP contribution is 2.25. The number of Topliss-reactive ketones (excluding diaryl/α,β-unsaturated/α-hetero) is 1. The molecule has 0 heterocycles. The predicted octanol–water partition coefficient (Wildman–Crippen LogP) is 3.16. The second-order valence-corrected chi connectivity index (χ2v) is 4.96. The van der Waals surface area contributed by atoms with Crippen LogP contribution in [-0.2, 0) is 4.79 Å². The molecule has 0 unspecified atom stereocenters. The van der Waals surface area contributed by atoms with Crippen molar-refractivity contribution in [1.82, 2.24) is 0 Å². The molecular formula is C14H17F2NO. The Labute approximate surface area is 106 Å². The molecule has 0 radical (unpaired) electrons. The minimum atomic E-state index is -0.433. The summed E-state index contributed by atoms with van der Waals surface area (Å²) in [4.78, 5) is 12.9. The Kier molecular flexibility index (Phi) is 3.94. The van der Waals surface area contributed by atoms with E-state index in [4.69, 9.17) is 0 Å². The summed E-state index contributed by atoms with van der Waals surface area (Å²) < 4.78 is 26.7. The monoisotopic (exact) mass is 253 g/mol. The third kappa shape index (κ3) is 3.06. The molecular weight excluding hydrogens is 236 g/mol. The molecule has 1 saturated carbocycles. The van der Waals surface area contributed by atoms with Crippen LogP contribution < -0.4 is 4.90 Å². The van der Waals surface area contributed by atoms with E-state index in [1.165, 1.54) is 6.07 Å². The summed E-state index contributed by atoms with van der Waals surface area (Å²) in [5, 5.41) is 0. The van der Waals surface area contributed by atoms with E-state index in [2.05, 4.69) is 0 Å². The van der Waals surface area contributed by atoms with E-state index in [1.807, 2.05) is 0 Å². The average molecular weight is 253 g/mol. The number of nitrogens with zero attached hydrogens (tertiary/aromatic N) is 1. The molecule has 0 aromatic heterocycles. The van der Waals surface area contributed by atoms with Crippen molar-refractivity contribution >= 4 is 11.5 Å². The van der Waals surface area contributed by atoms with E-state index in [9.17, 15) is 13.6 Å². The van der Waals surface area contributed by atoms with Crippen molar-refractivity contribution in [1.29, 1.82) is 0 Å². The molecule has 1 fully saturated rings. The Hall–Kier alpha value is -1.45. The van der Waals surface area contributed by atoms with Crippen LogP contribution in [0.5, 0.6) is 0 Å². The van der Waals surface area contributed by atoms with Gasteiger partial charge in [-0.3, -0.25) is 4.79 Å². The number of rotatable bonds is 3. The largest absolute Gasteiger partial charge is 0.372 e. The normalized spacial score (nSPS) is 16.9. The fraction of sp³-hybridized carbons (Fsp3) is 0.500. The van der Waals surface area contributed by atoms with Crippen LogP contribution in [0.15, 0.2) is 18.2 Å². The van der Waals surface area contributed by atoms with Gasteiger partial charge in [0.2, 0.25) is 0 Å². The molecule has 1 aromatic carbocycles. The first-order valence-corrected chi connectivity index (χ1v) is 6.24. The first-order chi connectivity index (χ1) is 8.56. The van der Waals surface area contributed by atoms with Gasteiger partial charge in [0.05, 0.1) is 5.69 Å². The fourth-order valence-corrected chi connectivity index (χ4v) is 2.45. The Morgan fingerprint density at radius 2 is 1.94 bits per heavy atom. The standard InChI is InChI=1S/C14H17F2NO/c1-17(9-10-2-5-12(18)6-3-10)14-8-11(15)4-7-13(14)16/h4,7-8,10H,2-3,5-6,9H2,1H3. The minimum Gasteiger partial charge on any atom is -0.372 e. The SMILES string of the molecule is CN(CC1CCC(=O)CC1)c1cc(F)ccc1F. The highest BCUT2D eigenvalue weighted by molar-refractivity contribution is 5.79. The first-order valence-electron chi connectivity index (χ1n) is 6.24. The van der Waals surface area contributed by atoms with Gasteiger partial charge in [-0.25, -0.2) is 8.78 Å². The quantitative estimate of drug-likeness (QED) is 0.824. The second kappa shape index (κ2) is 5.46. The van der Waals surface area contributed by atoms with Gasteiger partial charge in [-0.1, -0.05) is 0 Å². The van der Waals surface area contributed by atoms with Gasteiger partial charge < -0.3 is 4.90 Å². The summed E-state index contributed by atoms with van der Waals surface area (Å²) in [6, 6.07) is 3.47. The molecule has 18 heavy (non-hydrogen) atoms. The van der Waals surface area contributed by atoms with E-state index in [0.717, 1.165) is 25.0 Å². The summed E-state index contributed by atoms with van der Waals surface area (Å²) >= 11 is 0. The van der Waals surface area contributed by atoms with Crippen molar-refractivity contribution < 1.29 is 13.6 Å². The molecule has 1 aliphatic rings. The molecule has 0 spiro atoms. The summed E-state index contributed by atoms with van der Waals surface area (Å²) in [6.45, 7) is 0.660. The molecule has 98 valence electrons. The fourth-order valence-electron chi connectivity index (χ4n) is 2.45. The molecule has 2 rings (SSSR count). The number of hydrogen-bond acceptors (Lipinski definition) is 2. The van der Waals surface area contributed by atoms with Crippen molar-refractivity contribution in [2.45, 2.75) is 25.7 Å². The maximum atomic E-state index is 13.6. The number of ketones is 1. The number of carbonyl (C=O) groups is 1. The van der Waals surface area contributed by atoms with Crippen molar-refractivity contribution in [3.05, 3.63) is 29.8 Å². The highest BCUT2D eigenvalue weighted by Gasteiger charge is 2.21. The summed E-state index contributed by atoms with van der Waals surface area (Å²) in [7, 11) is 1.76. The van der Waals surface area contributed by atoms with Crippen molar-refractivity contribution in [2.24, 2.45) is 5.92 Å². The van der Waals surface area contributed by atoms with Crippen LogP contribution in [0.2, 0.25) is 0 Å². The molecule has 0 bridgehead atoms. The lowest BCUT2D eigenvalue weighted by Crippen LogP contribution is -2.29. The minimum absolute atomic E-state index is 0.284. The first kappa shape index (κ1) is 13.0. The van der Waals surface area contributed by atoms with Gasteiger partial charge in [0, 0.05) is 32.5 Å². The number of anilines is 1. The van der Waals surface area contributed by atoms with Gasteiger partial charge in [-0.05, 0) is 30.9 Å². The van der Waals surface area contributed by atoms with Crippen LogP contribution >= 0.6 is 0 Å². The number of hydrogen-bond donors (Lipinski definition) is 0. The van der Waals surface area contributed by atoms with Gasteiger partial charge in [-0.15, -0.1) is 0 Å². The van der Waals surface area contributed by atoms with Crippen molar-refractivity contribution in [3.63, 3.8) is 0 Å². The molecule has 0 amide bonds. The lowest BCUT2D eigenvalue weighted by atomic mass is 9.88. The Bertz CT molecular complexity index is 437. The van der Waals surface area contributed by atoms with E-state index < -0.39 is 11.6 Å². The van der Waals surface area contributed by atoms with Crippen LogP contribution in [0.3, 0.4) is 0 Å². The third-order valence-corrected chi connectivity index (χ3v) is 3.51.